The number of hydrogen-bond acceptors (Lipinski definition) is 9. The van der Waals surface area contributed by atoms with Crippen LogP contribution in [0, 0.1) is 20.8 Å². The Bertz CT molecular complexity index is 2520. The number of nitrogens with zero attached hydrogens (tertiary/aromatic N) is 6. The number of anilines is 2. The highest BCUT2D eigenvalue weighted by molar-refractivity contribution is 6.43. The average Bonchev–Trinajstić information content (AvgIpc) is 3.72. The Hall–Kier alpha value is -6.02. The predicted molar refractivity (Wildman–Crippen MR) is 215 cm³/mol. The first-order chi connectivity index (χ1) is 26.9. The number of rotatable bonds is 10. The van der Waals surface area contributed by atoms with Crippen molar-refractivity contribution < 1.29 is 23.9 Å². The van der Waals surface area contributed by atoms with Gasteiger partial charge in [0, 0.05) is 16.3 Å². The van der Waals surface area contributed by atoms with E-state index in [4.69, 9.17) is 44.3 Å². The van der Waals surface area contributed by atoms with E-state index >= 15 is 0 Å². The number of benzene rings is 4. The number of nitrogens with one attached hydrogen (secondary N) is 2. The number of fused-ring (bicyclic) bond motifs is 1. The molecular formula is C40H33Cl3N8O5. The number of amides is 3. The van der Waals surface area contributed by atoms with Crippen molar-refractivity contribution in [2.45, 2.75) is 46.3 Å². The summed E-state index contributed by atoms with van der Waals surface area (Å²) in [7, 11) is 0. The summed E-state index contributed by atoms with van der Waals surface area (Å²) in [6.07, 6.45) is 2.27. The molecule has 2 aromatic heterocycles. The van der Waals surface area contributed by atoms with Gasteiger partial charge in [-0.2, -0.15) is 9.99 Å². The number of hydrazone groups is 1. The first-order valence-corrected chi connectivity index (χ1v) is 18.5. The molecule has 2 atom stereocenters. The van der Waals surface area contributed by atoms with Crippen molar-refractivity contribution in [3.63, 3.8) is 0 Å². The summed E-state index contributed by atoms with van der Waals surface area (Å²) in [5.74, 6) is -0.475. The molecule has 2 unspecified atom stereocenters. The first-order valence-electron chi connectivity index (χ1n) is 17.4. The smallest absolute Gasteiger partial charge is 0.278 e. The van der Waals surface area contributed by atoms with Gasteiger partial charge < -0.3 is 20.1 Å². The molecule has 6 aromatic rings. The van der Waals surface area contributed by atoms with E-state index in [0.29, 0.717) is 23.6 Å². The van der Waals surface area contributed by atoms with Gasteiger partial charge in [-0.15, -0.1) is 5.10 Å². The number of carbonyl (C=O) groups excluding carboxylic acids is 3. The van der Waals surface area contributed by atoms with E-state index in [9.17, 15) is 14.4 Å². The summed E-state index contributed by atoms with van der Waals surface area (Å²) >= 11 is 19.2. The molecule has 0 fully saturated rings. The van der Waals surface area contributed by atoms with Gasteiger partial charge in [-0.3, -0.25) is 19.0 Å². The highest BCUT2D eigenvalue weighted by Gasteiger charge is 2.42. The maximum Gasteiger partial charge on any atom is 0.278 e. The second kappa shape index (κ2) is 16.0. The molecule has 1 aliphatic rings. The van der Waals surface area contributed by atoms with Crippen LogP contribution in [0.25, 0.3) is 11.2 Å². The molecule has 0 saturated heterocycles. The van der Waals surface area contributed by atoms with Gasteiger partial charge in [0.2, 0.25) is 0 Å². The van der Waals surface area contributed by atoms with E-state index in [0.717, 1.165) is 21.7 Å². The minimum Gasteiger partial charge on any atom is -0.480 e. The summed E-state index contributed by atoms with van der Waals surface area (Å²) < 4.78 is 13.5. The third-order valence-electron chi connectivity index (χ3n) is 8.84. The molecule has 0 bridgehead atoms. The molecule has 3 heterocycles. The third kappa shape index (κ3) is 7.87. The largest absolute Gasteiger partial charge is 0.480 e. The van der Waals surface area contributed by atoms with Gasteiger partial charge in [0.25, 0.3) is 23.6 Å². The predicted octanol–water partition coefficient (Wildman–Crippen LogP) is 8.63. The van der Waals surface area contributed by atoms with E-state index in [1.807, 2.05) is 58.0 Å². The summed E-state index contributed by atoms with van der Waals surface area (Å²) in [5, 5.41) is 11.5. The van der Waals surface area contributed by atoms with E-state index in [1.165, 1.54) is 35.4 Å². The maximum absolute atomic E-state index is 14.3. The third-order valence-corrected chi connectivity index (χ3v) is 9.63. The zero-order valence-electron chi connectivity index (χ0n) is 30.4. The summed E-state index contributed by atoms with van der Waals surface area (Å²) in [4.78, 5) is 54.7. The molecular weight excluding hydrogens is 779 g/mol. The Kier molecular flexibility index (Phi) is 10.9. The maximum atomic E-state index is 14.3. The minimum absolute atomic E-state index is 0.0490. The SMILES string of the molecule is CCC(Oc1ccc(C)cc1C)C(=O)Nc1cccc(C(=O)NC2=NN(c3c(Cl)cc(Cl)cc3Cl)C(=O)C2n2cnc3c(Oc4ccc(C)cc4)ncnc32)c1. The molecule has 13 nitrogen and oxygen atoms in total. The standard InChI is InChI=1S/C40H33Cl3N8O5/c1-5-30(56-31-14-11-22(3)15-23(31)4)38(53)47-26-8-6-7-24(16-26)37(52)48-35-34(40(54)51(49-35)33-28(42)17-25(41)18-29(33)43)50-20-46-32-36(50)44-19-45-39(32)55-27-12-9-21(2)10-13-27/h6-20,30,34H,5H2,1-4H3,(H,47,53)(H,48,49,52). The molecule has 0 spiro atoms. The number of imidazole rings is 1. The van der Waals surface area contributed by atoms with Gasteiger partial charge in [0.05, 0.1) is 16.4 Å². The second-order valence-corrected chi connectivity index (χ2v) is 14.2. The molecule has 2 N–H and O–H groups in total. The van der Waals surface area contributed by atoms with Crippen LogP contribution in [0.4, 0.5) is 11.4 Å². The Labute approximate surface area is 336 Å². The molecule has 56 heavy (non-hydrogen) atoms. The fourth-order valence-corrected chi connectivity index (χ4v) is 7.03. The van der Waals surface area contributed by atoms with Gasteiger partial charge in [-0.25, -0.2) is 9.97 Å². The number of carbonyl (C=O) groups is 3. The lowest BCUT2D eigenvalue weighted by Crippen LogP contribution is -2.38. The highest BCUT2D eigenvalue weighted by atomic mass is 35.5. The van der Waals surface area contributed by atoms with Crippen LogP contribution in [0.5, 0.6) is 17.4 Å². The fourth-order valence-electron chi connectivity index (χ4n) is 6.05. The molecule has 4 aromatic carbocycles. The van der Waals surface area contributed by atoms with Crippen LogP contribution in [-0.2, 0) is 9.59 Å². The Morgan fingerprint density at radius 1 is 0.875 bits per heavy atom. The van der Waals surface area contributed by atoms with Crippen molar-refractivity contribution in [1.82, 2.24) is 24.8 Å². The van der Waals surface area contributed by atoms with Gasteiger partial charge in [0.1, 0.15) is 23.5 Å². The van der Waals surface area contributed by atoms with Crippen molar-refractivity contribution in [3.05, 3.63) is 129 Å². The van der Waals surface area contributed by atoms with E-state index in [2.05, 4.69) is 30.7 Å². The minimum atomic E-state index is -1.30. The zero-order chi connectivity index (χ0) is 39.7. The monoisotopic (exact) mass is 810 g/mol. The number of hydrogen-bond donors (Lipinski definition) is 2. The number of aromatic nitrogens is 4. The highest BCUT2D eigenvalue weighted by Crippen LogP contribution is 2.40. The lowest BCUT2D eigenvalue weighted by atomic mass is 10.1. The quantitative estimate of drug-likeness (QED) is 0.140. The van der Waals surface area contributed by atoms with Crippen molar-refractivity contribution >= 4 is 80.9 Å². The number of aryl methyl sites for hydroxylation is 3. The van der Waals surface area contributed by atoms with Crippen LogP contribution < -0.4 is 25.1 Å². The molecule has 3 amide bonds. The van der Waals surface area contributed by atoms with Crippen LogP contribution in [0.15, 0.2) is 96.6 Å². The van der Waals surface area contributed by atoms with E-state index in [1.54, 1.807) is 30.3 Å². The van der Waals surface area contributed by atoms with Gasteiger partial charge in [-0.05, 0) is 81.3 Å². The molecule has 16 heteroatoms. The van der Waals surface area contributed by atoms with E-state index in [-0.39, 0.29) is 55.1 Å². The van der Waals surface area contributed by atoms with E-state index < -0.39 is 24.0 Å². The van der Waals surface area contributed by atoms with Crippen molar-refractivity contribution in [2.24, 2.45) is 5.10 Å². The molecule has 1 aliphatic heterocycles. The van der Waals surface area contributed by atoms with Crippen LogP contribution in [0.1, 0.15) is 46.4 Å². The molecule has 284 valence electrons. The molecule has 7 rings (SSSR count). The average molecular weight is 812 g/mol. The van der Waals surface area contributed by atoms with Crippen LogP contribution in [0.3, 0.4) is 0 Å². The summed E-state index contributed by atoms with van der Waals surface area (Å²) in [6, 6.07) is 21.0. The van der Waals surface area contributed by atoms with Crippen molar-refractivity contribution in [1.29, 1.82) is 0 Å². The summed E-state index contributed by atoms with van der Waals surface area (Å²) in [6.45, 7) is 7.70. The van der Waals surface area contributed by atoms with Crippen LogP contribution >= 0.6 is 34.8 Å². The van der Waals surface area contributed by atoms with Crippen LogP contribution in [0.2, 0.25) is 15.1 Å². The number of amidine groups is 1. The first kappa shape index (κ1) is 38.3. The van der Waals surface area contributed by atoms with Crippen LogP contribution in [-0.4, -0.2) is 49.2 Å². The lowest BCUT2D eigenvalue weighted by molar-refractivity contribution is -0.123. The Balaban J connectivity index is 1.18. The molecule has 0 radical (unpaired) electrons. The van der Waals surface area contributed by atoms with Crippen molar-refractivity contribution in [2.75, 3.05) is 10.3 Å². The van der Waals surface area contributed by atoms with Crippen molar-refractivity contribution in [3.8, 4) is 17.4 Å². The number of ether oxygens (including phenoxy) is 2. The Morgan fingerprint density at radius 2 is 1.61 bits per heavy atom. The zero-order valence-corrected chi connectivity index (χ0v) is 32.6. The topological polar surface area (TPSA) is 153 Å². The molecule has 0 saturated carbocycles. The normalized spacial score (nSPS) is 14.4. The molecule has 0 aliphatic carbocycles. The lowest BCUT2D eigenvalue weighted by Gasteiger charge is -2.19. The van der Waals surface area contributed by atoms with Gasteiger partial charge >= 0.3 is 0 Å². The van der Waals surface area contributed by atoms with Gasteiger partial charge in [0.15, 0.2) is 29.1 Å². The fraction of sp³-hybridized carbons (Fsp3) is 0.175. The number of halogens is 3. The second-order valence-electron chi connectivity index (χ2n) is 13.0. The van der Waals surface area contributed by atoms with Gasteiger partial charge in [-0.1, -0.05) is 83.2 Å². The summed E-state index contributed by atoms with van der Waals surface area (Å²) in [5.41, 5.74) is 4.08. The Morgan fingerprint density at radius 3 is 2.32 bits per heavy atom.